The number of benzene rings is 1. The zero-order valence-electron chi connectivity index (χ0n) is 9.24. The zero-order valence-corrected chi connectivity index (χ0v) is 9.24. The molecule has 0 saturated carbocycles. The molecule has 1 aromatic rings. The van der Waals surface area contributed by atoms with Crippen LogP contribution in [0.2, 0.25) is 0 Å². The minimum atomic E-state index is 0.383. The van der Waals surface area contributed by atoms with Crippen LogP contribution in [0.1, 0.15) is 30.9 Å². The molecule has 2 N–H and O–H groups in total. The van der Waals surface area contributed by atoms with Crippen LogP contribution in [0, 0.1) is 0 Å². The molecule has 0 heterocycles. The van der Waals surface area contributed by atoms with Crippen LogP contribution >= 0.6 is 0 Å². The molecule has 2 nitrogen and oxygen atoms in total. The third kappa shape index (κ3) is 2.38. The highest BCUT2D eigenvalue weighted by Gasteiger charge is 2.19. The maximum Gasteiger partial charge on any atom is 0.0940 e. The number of nitrogens with zero attached hydrogens (tertiary/aromatic N) is 1. The zero-order chi connectivity index (χ0) is 10.7. The van der Waals surface area contributed by atoms with Crippen molar-refractivity contribution in [2.45, 2.75) is 38.6 Å². The Morgan fingerprint density at radius 1 is 1.33 bits per heavy atom. The number of hydrogen-bond acceptors (Lipinski definition) is 1. The largest absolute Gasteiger partial charge is 0.387 e. The van der Waals surface area contributed by atoms with E-state index in [1.165, 1.54) is 11.1 Å². The van der Waals surface area contributed by atoms with Crippen molar-refractivity contribution in [1.82, 2.24) is 0 Å². The van der Waals surface area contributed by atoms with Crippen LogP contribution in [-0.2, 0) is 12.8 Å². The molecule has 0 amide bonds. The van der Waals surface area contributed by atoms with Gasteiger partial charge in [0.1, 0.15) is 0 Å². The van der Waals surface area contributed by atoms with Crippen molar-refractivity contribution in [3.05, 3.63) is 35.4 Å². The molecule has 80 valence electrons. The van der Waals surface area contributed by atoms with Gasteiger partial charge in [-0.3, -0.25) is 4.99 Å². The Morgan fingerprint density at radius 3 is 2.47 bits per heavy atom. The van der Waals surface area contributed by atoms with E-state index in [0.717, 1.165) is 31.5 Å². The molecule has 0 spiro atoms. The molecule has 2 heteroatoms. The van der Waals surface area contributed by atoms with Crippen molar-refractivity contribution in [3.63, 3.8) is 0 Å². The third-order valence-electron chi connectivity index (χ3n) is 2.88. The van der Waals surface area contributed by atoms with Gasteiger partial charge < -0.3 is 5.73 Å². The summed E-state index contributed by atoms with van der Waals surface area (Å²) in [5.41, 5.74) is 8.73. The normalized spacial score (nSPS) is 16.7. The van der Waals surface area contributed by atoms with Gasteiger partial charge >= 0.3 is 0 Å². The van der Waals surface area contributed by atoms with Crippen LogP contribution in [0.15, 0.2) is 29.3 Å². The van der Waals surface area contributed by atoms with Crippen LogP contribution in [0.25, 0.3) is 0 Å². The Morgan fingerprint density at radius 2 is 1.93 bits per heavy atom. The van der Waals surface area contributed by atoms with E-state index in [4.69, 9.17) is 5.73 Å². The summed E-state index contributed by atoms with van der Waals surface area (Å²) in [6, 6.07) is 8.97. The smallest absolute Gasteiger partial charge is 0.0940 e. The summed E-state index contributed by atoms with van der Waals surface area (Å²) in [4.78, 5) is 4.57. The highest BCUT2D eigenvalue weighted by molar-refractivity contribution is 5.80. The molecule has 15 heavy (non-hydrogen) atoms. The highest BCUT2D eigenvalue weighted by Crippen LogP contribution is 2.23. The molecular formula is C13H18N2. The predicted octanol–water partition coefficient (Wildman–Crippen LogP) is 2.31. The molecular weight excluding hydrogens is 184 g/mol. The SMILES string of the molecule is CCCC(N)=NC1Cc2ccccc2C1. The molecule has 0 fully saturated rings. The van der Waals surface area contributed by atoms with E-state index in [2.05, 4.69) is 36.2 Å². The highest BCUT2D eigenvalue weighted by atomic mass is 14.9. The predicted molar refractivity (Wildman–Crippen MR) is 64.2 cm³/mol. The van der Waals surface area contributed by atoms with E-state index in [1.807, 2.05) is 0 Å². The molecule has 0 bridgehead atoms. The summed E-state index contributed by atoms with van der Waals surface area (Å²) < 4.78 is 0. The summed E-state index contributed by atoms with van der Waals surface area (Å²) in [5, 5.41) is 0. The number of hydrogen-bond donors (Lipinski definition) is 1. The number of amidine groups is 1. The van der Waals surface area contributed by atoms with Gasteiger partial charge in [-0.25, -0.2) is 0 Å². The second kappa shape index (κ2) is 4.47. The summed E-state index contributed by atoms with van der Waals surface area (Å²) in [5.74, 6) is 0.815. The van der Waals surface area contributed by atoms with Gasteiger partial charge in [0, 0.05) is 6.42 Å². The van der Waals surface area contributed by atoms with Gasteiger partial charge in [0.2, 0.25) is 0 Å². The van der Waals surface area contributed by atoms with Crippen molar-refractivity contribution in [1.29, 1.82) is 0 Å². The number of rotatable bonds is 3. The molecule has 0 atom stereocenters. The molecule has 0 radical (unpaired) electrons. The van der Waals surface area contributed by atoms with Crippen LogP contribution in [0.4, 0.5) is 0 Å². The molecule has 1 aliphatic carbocycles. The monoisotopic (exact) mass is 202 g/mol. The minimum Gasteiger partial charge on any atom is -0.387 e. The Kier molecular flexibility index (Phi) is 3.05. The fourth-order valence-electron chi connectivity index (χ4n) is 2.18. The van der Waals surface area contributed by atoms with Gasteiger partial charge in [-0.2, -0.15) is 0 Å². The third-order valence-corrected chi connectivity index (χ3v) is 2.88. The lowest BCUT2D eigenvalue weighted by Gasteiger charge is -2.04. The molecule has 0 aliphatic heterocycles. The fraction of sp³-hybridized carbons (Fsp3) is 0.462. The number of nitrogens with two attached hydrogens (primary N) is 1. The molecule has 2 rings (SSSR count). The Balaban J connectivity index is 2.04. The van der Waals surface area contributed by atoms with E-state index >= 15 is 0 Å². The fourth-order valence-corrected chi connectivity index (χ4v) is 2.18. The first-order valence-corrected chi connectivity index (χ1v) is 5.68. The molecule has 1 aliphatic rings. The van der Waals surface area contributed by atoms with Crippen LogP contribution in [0.3, 0.4) is 0 Å². The van der Waals surface area contributed by atoms with E-state index < -0.39 is 0 Å². The first-order chi connectivity index (χ1) is 7.29. The Bertz CT molecular complexity index is 344. The molecule has 0 unspecified atom stereocenters. The van der Waals surface area contributed by atoms with Gasteiger partial charge in [0.05, 0.1) is 11.9 Å². The lowest BCUT2D eigenvalue weighted by Crippen LogP contribution is -2.16. The average Bonchev–Trinajstić information content (AvgIpc) is 2.59. The standard InChI is InChI=1S/C13H18N2/c1-2-5-13(14)15-12-8-10-6-3-4-7-11(10)9-12/h3-4,6-7,12H,2,5,8-9H2,1H3,(H2,14,15). The molecule has 1 aromatic carbocycles. The van der Waals surface area contributed by atoms with Gasteiger partial charge in [-0.05, 0) is 30.4 Å². The van der Waals surface area contributed by atoms with E-state index in [9.17, 15) is 0 Å². The van der Waals surface area contributed by atoms with E-state index in [-0.39, 0.29) is 0 Å². The van der Waals surface area contributed by atoms with Crippen LogP contribution in [-0.4, -0.2) is 11.9 Å². The van der Waals surface area contributed by atoms with Gasteiger partial charge in [0.15, 0.2) is 0 Å². The topological polar surface area (TPSA) is 38.4 Å². The first-order valence-electron chi connectivity index (χ1n) is 5.68. The quantitative estimate of drug-likeness (QED) is 0.593. The van der Waals surface area contributed by atoms with Gasteiger partial charge in [-0.15, -0.1) is 0 Å². The van der Waals surface area contributed by atoms with E-state index in [1.54, 1.807) is 0 Å². The van der Waals surface area contributed by atoms with Crippen molar-refractivity contribution < 1.29 is 0 Å². The maximum atomic E-state index is 5.85. The minimum absolute atomic E-state index is 0.383. The van der Waals surface area contributed by atoms with Gasteiger partial charge in [0.25, 0.3) is 0 Å². The average molecular weight is 202 g/mol. The van der Waals surface area contributed by atoms with Crippen molar-refractivity contribution in [2.75, 3.05) is 0 Å². The second-order valence-electron chi connectivity index (χ2n) is 4.20. The first kappa shape index (κ1) is 10.2. The lowest BCUT2D eigenvalue weighted by atomic mass is 10.1. The second-order valence-corrected chi connectivity index (χ2v) is 4.20. The van der Waals surface area contributed by atoms with Crippen molar-refractivity contribution in [3.8, 4) is 0 Å². The van der Waals surface area contributed by atoms with Gasteiger partial charge in [-0.1, -0.05) is 31.2 Å². The van der Waals surface area contributed by atoms with Crippen molar-refractivity contribution in [2.24, 2.45) is 10.7 Å². The Hall–Kier alpha value is -1.31. The van der Waals surface area contributed by atoms with Crippen LogP contribution < -0.4 is 5.73 Å². The Labute approximate surface area is 91.2 Å². The summed E-state index contributed by atoms with van der Waals surface area (Å²) in [6.45, 7) is 2.13. The van der Waals surface area contributed by atoms with E-state index in [0.29, 0.717) is 6.04 Å². The molecule has 0 aromatic heterocycles. The lowest BCUT2D eigenvalue weighted by molar-refractivity contribution is 0.717. The number of fused-ring (bicyclic) bond motifs is 1. The summed E-state index contributed by atoms with van der Waals surface area (Å²) in [7, 11) is 0. The summed E-state index contributed by atoms with van der Waals surface area (Å²) >= 11 is 0. The number of aliphatic imine (C=N–C) groups is 1. The molecule has 0 saturated heterocycles. The van der Waals surface area contributed by atoms with Crippen molar-refractivity contribution >= 4 is 5.84 Å². The maximum absolute atomic E-state index is 5.85. The van der Waals surface area contributed by atoms with Crippen LogP contribution in [0.5, 0.6) is 0 Å². The summed E-state index contributed by atoms with van der Waals surface area (Å²) in [6.07, 6.45) is 4.11.